The summed E-state index contributed by atoms with van der Waals surface area (Å²) in [5, 5.41) is 0. The maximum absolute atomic E-state index is 12.7. The van der Waals surface area contributed by atoms with Crippen molar-refractivity contribution < 1.29 is 71.4 Å². The SMILES string of the molecule is C=CC(=O)OCCCCCOC(=O)Oc1ccc(C(=O)Oc2ccc(C(=O)Oc3ccc(C(=O)O[C@H]4COC5C4OC[C@@H]5OC(C)=O)cc3)cc2)cc1. The second kappa shape index (κ2) is 18.4. The number of ether oxygens (including phenoxy) is 9. The summed E-state index contributed by atoms with van der Waals surface area (Å²) in [5.41, 5.74) is 0.568. The van der Waals surface area contributed by atoms with Crippen molar-refractivity contribution in [3.05, 3.63) is 102 Å². The van der Waals surface area contributed by atoms with Gasteiger partial charge in [-0.15, -0.1) is 0 Å². The van der Waals surface area contributed by atoms with Crippen molar-refractivity contribution in [3.63, 3.8) is 0 Å². The molecule has 3 aromatic rings. The van der Waals surface area contributed by atoms with E-state index in [4.69, 9.17) is 42.6 Å². The first kappa shape index (κ1) is 38.2. The predicted octanol–water partition coefficient (Wildman–Crippen LogP) is 4.79. The largest absolute Gasteiger partial charge is 0.513 e. The minimum Gasteiger partial charge on any atom is -0.463 e. The fraction of sp³-hybridized carbons (Fsp3) is 0.316. The van der Waals surface area contributed by atoms with Crippen LogP contribution in [-0.4, -0.2) is 86.8 Å². The Morgan fingerprint density at radius 2 is 1.04 bits per heavy atom. The molecule has 0 saturated carbocycles. The van der Waals surface area contributed by atoms with Crippen molar-refractivity contribution >= 4 is 36.0 Å². The summed E-state index contributed by atoms with van der Waals surface area (Å²) in [4.78, 5) is 72.3. The number of hydrogen-bond acceptors (Lipinski definition) is 15. The zero-order chi connectivity index (χ0) is 37.7. The highest BCUT2D eigenvalue weighted by molar-refractivity contribution is 5.93. The van der Waals surface area contributed by atoms with Crippen LogP contribution in [0.3, 0.4) is 0 Å². The van der Waals surface area contributed by atoms with Gasteiger partial charge >= 0.3 is 36.0 Å². The van der Waals surface area contributed by atoms with Crippen LogP contribution in [0.15, 0.2) is 85.5 Å². The second-order valence-electron chi connectivity index (χ2n) is 11.7. The van der Waals surface area contributed by atoms with E-state index in [0.717, 1.165) is 6.08 Å². The first-order valence-electron chi connectivity index (χ1n) is 16.6. The van der Waals surface area contributed by atoms with Crippen LogP contribution in [0.25, 0.3) is 0 Å². The standard InChI is InChI=1S/C38H36O15/c1-3-32(40)45-19-5-4-6-20-46-38(44)52-29-17-11-25(12-18-29)36(42)50-27-13-7-24(8-14-27)35(41)51-28-15-9-26(10-16-28)37(43)53-31-22-48-33-30(49-23(2)39)21-47-34(31)33/h3,7-18,30-31,33-34H,1,4-6,19-22H2,2H3/t30-,31-,33?,34?/m0/s1. The van der Waals surface area contributed by atoms with E-state index in [1.165, 1.54) is 79.7 Å². The number of hydrogen-bond donors (Lipinski definition) is 0. The zero-order valence-electron chi connectivity index (χ0n) is 28.6. The molecule has 2 aliphatic rings. The lowest BCUT2D eigenvalue weighted by atomic mass is 10.1. The molecule has 2 aliphatic heterocycles. The van der Waals surface area contributed by atoms with Gasteiger partial charge in [0.05, 0.1) is 43.1 Å². The average molecular weight is 733 g/mol. The Hall–Kier alpha value is -6.06. The number of carbonyl (C=O) groups is 6. The van der Waals surface area contributed by atoms with E-state index in [-0.39, 0.29) is 60.4 Å². The normalized spacial score (nSPS) is 18.5. The van der Waals surface area contributed by atoms with E-state index < -0.39 is 60.4 Å². The van der Waals surface area contributed by atoms with Crippen molar-refractivity contribution in [2.75, 3.05) is 26.4 Å². The molecule has 5 rings (SSSR count). The summed E-state index contributed by atoms with van der Waals surface area (Å²) < 4.78 is 47.8. The van der Waals surface area contributed by atoms with Gasteiger partial charge in [-0.2, -0.15) is 0 Å². The Morgan fingerprint density at radius 1 is 0.604 bits per heavy atom. The zero-order valence-corrected chi connectivity index (χ0v) is 28.6. The quantitative estimate of drug-likeness (QED) is 0.0518. The van der Waals surface area contributed by atoms with Crippen molar-refractivity contribution in [3.8, 4) is 17.2 Å². The molecule has 4 atom stereocenters. The number of benzene rings is 3. The lowest BCUT2D eigenvalue weighted by Crippen LogP contribution is -2.35. The summed E-state index contributed by atoms with van der Waals surface area (Å²) in [6.45, 7) is 5.23. The van der Waals surface area contributed by atoms with Gasteiger partial charge in [0, 0.05) is 13.0 Å². The molecule has 0 radical (unpaired) electrons. The lowest BCUT2D eigenvalue weighted by Gasteiger charge is -2.17. The summed E-state index contributed by atoms with van der Waals surface area (Å²) in [6, 6.07) is 17.1. The Morgan fingerprint density at radius 3 is 1.51 bits per heavy atom. The third-order valence-electron chi connectivity index (χ3n) is 7.85. The average Bonchev–Trinajstić information content (AvgIpc) is 3.74. The van der Waals surface area contributed by atoms with Gasteiger partial charge in [-0.05, 0) is 92.1 Å². The molecule has 53 heavy (non-hydrogen) atoms. The molecule has 3 aromatic carbocycles. The smallest absolute Gasteiger partial charge is 0.463 e. The highest BCUT2D eigenvalue weighted by Gasteiger charge is 2.51. The molecule has 0 aliphatic carbocycles. The van der Waals surface area contributed by atoms with E-state index >= 15 is 0 Å². The highest BCUT2D eigenvalue weighted by atomic mass is 16.7. The number of rotatable bonds is 15. The number of unbranched alkanes of at least 4 members (excludes halogenated alkanes) is 2. The molecular weight excluding hydrogens is 696 g/mol. The maximum Gasteiger partial charge on any atom is 0.513 e. The topological polar surface area (TPSA) is 185 Å². The van der Waals surface area contributed by atoms with Crippen LogP contribution in [0.1, 0.15) is 57.3 Å². The number of esters is 5. The van der Waals surface area contributed by atoms with Crippen LogP contribution < -0.4 is 14.2 Å². The van der Waals surface area contributed by atoms with E-state index in [1.807, 2.05) is 0 Å². The van der Waals surface area contributed by atoms with Crippen molar-refractivity contribution in [1.29, 1.82) is 0 Å². The van der Waals surface area contributed by atoms with Crippen LogP contribution in [0.4, 0.5) is 4.79 Å². The van der Waals surface area contributed by atoms with Gasteiger partial charge < -0.3 is 42.6 Å². The molecule has 278 valence electrons. The van der Waals surface area contributed by atoms with Crippen LogP contribution in [0, 0.1) is 0 Å². The van der Waals surface area contributed by atoms with Crippen LogP contribution in [0.2, 0.25) is 0 Å². The molecule has 15 nitrogen and oxygen atoms in total. The molecule has 0 spiro atoms. The van der Waals surface area contributed by atoms with Gasteiger partial charge in [-0.3, -0.25) is 4.79 Å². The third-order valence-corrected chi connectivity index (χ3v) is 7.85. The lowest BCUT2D eigenvalue weighted by molar-refractivity contribution is -0.151. The van der Waals surface area contributed by atoms with Gasteiger partial charge in [0.15, 0.2) is 12.2 Å². The number of carbonyl (C=O) groups excluding carboxylic acids is 6. The third kappa shape index (κ3) is 11.0. The van der Waals surface area contributed by atoms with Gasteiger partial charge in [-0.25, -0.2) is 24.0 Å². The molecular formula is C38H36O15. The van der Waals surface area contributed by atoms with Crippen molar-refractivity contribution in [1.82, 2.24) is 0 Å². The summed E-state index contributed by atoms with van der Waals surface area (Å²) >= 11 is 0. The number of fused-ring (bicyclic) bond motifs is 1. The van der Waals surface area contributed by atoms with Crippen molar-refractivity contribution in [2.45, 2.75) is 50.6 Å². The van der Waals surface area contributed by atoms with E-state index in [9.17, 15) is 28.8 Å². The van der Waals surface area contributed by atoms with Crippen molar-refractivity contribution in [2.24, 2.45) is 0 Å². The molecule has 0 bridgehead atoms. The Labute approximate surface area is 303 Å². The first-order chi connectivity index (χ1) is 25.6. The Bertz CT molecular complexity index is 1780. The van der Waals surface area contributed by atoms with Crippen LogP contribution >= 0.6 is 0 Å². The van der Waals surface area contributed by atoms with E-state index in [0.29, 0.717) is 19.3 Å². The minimum atomic E-state index is -0.902. The second-order valence-corrected chi connectivity index (χ2v) is 11.7. The molecule has 2 saturated heterocycles. The molecule has 0 aromatic heterocycles. The maximum atomic E-state index is 12.7. The van der Waals surface area contributed by atoms with Crippen LogP contribution in [0.5, 0.6) is 17.2 Å². The molecule has 2 heterocycles. The van der Waals surface area contributed by atoms with Gasteiger partial charge in [0.25, 0.3) is 0 Å². The predicted molar refractivity (Wildman–Crippen MR) is 180 cm³/mol. The first-order valence-corrected chi connectivity index (χ1v) is 16.6. The Kier molecular flexibility index (Phi) is 13.3. The fourth-order valence-corrected chi connectivity index (χ4v) is 5.25. The van der Waals surface area contributed by atoms with Gasteiger partial charge in [-0.1, -0.05) is 6.58 Å². The van der Waals surface area contributed by atoms with E-state index in [2.05, 4.69) is 6.58 Å². The highest BCUT2D eigenvalue weighted by Crippen LogP contribution is 2.31. The van der Waals surface area contributed by atoms with Gasteiger partial charge in [0.2, 0.25) is 0 Å². The molecule has 15 heteroatoms. The molecule has 0 amide bonds. The van der Waals surface area contributed by atoms with E-state index in [1.54, 1.807) is 0 Å². The monoisotopic (exact) mass is 732 g/mol. The summed E-state index contributed by atoms with van der Waals surface area (Å²) in [6.07, 6.45) is -0.278. The fourth-order valence-electron chi connectivity index (χ4n) is 5.25. The Balaban J connectivity index is 1.02. The molecule has 2 fully saturated rings. The summed E-state index contributed by atoms with van der Waals surface area (Å²) in [5.74, 6) is -2.44. The minimum absolute atomic E-state index is 0.0953. The van der Waals surface area contributed by atoms with Gasteiger partial charge in [0.1, 0.15) is 29.5 Å². The molecule has 2 unspecified atom stereocenters. The molecule has 0 N–H and O–H groups in total. The summed E-state index contributed by atoms with van der Waals surface area (Å²) in [7, 11) is 0. The van der Waals surface area contributed by atoms with Crippen LogP contribution in [-0.2, 0) is 38.0 Å².